The third-order valence-electron chi connectivity index (χ3n) is 2.07. The van der Waals surface area contributed by atoms with Crippen LogP contribution in [0.1, 0.15) is 25.6 Å². The first-order valence-electron chi connectivity index (χ1n) is 4.83. The van der Waals surface area contributed by atoms with Crippen LogP contribution in [-0.4, -0.2) is 15.1 Å². The van der Waals surface area contributed by atoms with Gasteiger partial charge in [-0.15, -0.1) is 0 Å². The third-order valence-corrected chi connectivity index (χ3v) is 2.51. The summed E-state index contributed by atoms with van der Waals surface area (Å²) in [6.45, 7) is 3.99. The predicted octanol–water partition coefficient (Wildman–Crippen LogP) is 2.60. The number of nitrogens with zero attached hydrogens (tertiary/aromatic N) is 3. The molecule has 0 fully saturated rings. The predicted molar refractivity (Wildman–Crippen MR) is 63.7 cm³/mol. The molecule has 2 N–H and O–H groups in total. The van der Waals surface area contributed by atoms with Crippen molar-refractivity contribution in [3.63, 3.8) is 0 Å². The molecule has 2 heterocycles. The molecular weight excluding hydrogens is 272 g/mol. The molecule has 0 aliphatic heterocycles. The molecule has 84 valence electrons. The molecule has 2 aromatic rings. The molecule has 0 spiro atoms. The zero-order valence-electron chi connectivity index (χ0n) is 8.94. The van der Waals surface area contributed by atoms with Crippen LogP contribution in [0.5, 0.6) is 0 Å². The zero-order chi connectivity index (χ0) is 11.7. The minimum atomic E-state index is 0.221. The monoisotopic (exact) mass is 282 g/mol. The number of nitrogens with two attached hydrogens (primary N) is 1. The van der Waals surface area contributed by atoms with E-state index in [1.54, 1.807) is 12.3 Å². The number of hydrogen-bond acceptors (Lipinski definition) is 5. The number of rotatable bonds is 2. The van der Waals surface area contributed by atoms with E-state index in [0.29, 0.717) is 23.1 Å². The highest BCUT2D eigenvalue weighted by atomic mass is 79.9. The van der Waals surface area contributed by atoms with E-state index in [1.165, 1.54) is 0 Å². The van der Waals surface area contributed by atoms with Gasteiger partial charge in [0.2, 0.25) is 0 Å². The molecule has 0 aliphatic carbocycles. The van der Waals surface area contributed by atoms with Crippen LogP contribution in [0.15, 0.2) is 21.3 Å². The molecule has 0 aliphatic rings. The lowest BCUT2D eigenvalue weighted by molar-refractivity contribution is 0.419. The van der Waals surface area contributed by atoms with E-state index in [1.807, 2.05) is 13.8 Å². The Bertz CT molecular complexity index is 509. The van der Waals surface area contributed by atoms with Gasteiger partial charge < -0.3 is 10.3 Å². The van der Waals surface area contributed by atoms with Crippen LogP contribution in [0.3, 0.4) is 0 Å². The molecule has 16 heavy (non-hydrogen) atoms. The topological polar surface area (TPSA) is 77.8 Å². The van der Waals surface area contributed by atoms with Crippen molar-refractivity contribution in [1.82, 2.24) is 15.1 Å². The zero-order valence-corrected chi connectivity index (χ0v) is 10.5. The smallest absolute Gasteiger partial charge is 0.261 e. The van der Waals surface area contributed by atoms with Gasteiger partial charge in [0.15, 0.2) is 5.82 Å². The Kier molecular flexibility index (Phi) is 2.91. The van der Waals surface area contributed by atoms with E-state index >= 15 is 0 Å². The minimum absolute atomic E-state index is 0.221. The largest absolute Gasteiger partial charge is 0.383 e. The van der Waals surface area contributed by atoms with E-state index in [2.05, 4.69) is 31.1 Å². The summed E-state index contributed by atoms with van der Waals surface area (Å²) in [7, 11) is 0. The Labute approximate surface area is 101 Å². The van der Waals surface area contributed by atoms with Gasteiger partial charge in [-0.25, -0.2) is 4.98 Å². The second kappa shape index (κ2) is 4.21. The Balaban J connectivity index is 2.46. The first kappa shape index (κ1) is 11.1. The van der Waals surface area contributed by atoms with Crippen molar-refractivity contribution in [3.05, 3.63) is 22.6 Å². The Morgan fingerprint density at radius 3 is 2.81 bits per heavy atom. The number of nitrogen functional groups attached to an aromatic ring is 1. The summed E-state index contributed by atoms with van der Waals surface area (Å²) in [5, 5.41) is 3.88. The van der Waals surface area contributed by atoms with Gasteiger partial charge in [0.05, 0.1) is 5.56 Å². The van der Waals surface area contributed by atoms with E-state index in [0.717, 1.165) is 4.47 Å². The maximum Gasteiger partial charge on any atom is 0.261 e. The average Bonchev–Trinajstić information content (AvgIpc) is 2.70. The molecular formula is C10H11BrN4O. The maximum atomic E-state index is 5.75. The van der Waals surface area contributed by atoms with Crippen molar-refractivity contribution in [1.29, 1.82) is 0 Å². The van der Waals surface area contributed by atoms with Crippen LogP contribution >= 0.6 is 15.9 Å². The second-order valence-corrected chi connectivity index (χ2v) is 4.61. The van der Waals surface area contributed by atoms with E-state index in [9.17, 15) is 0 Å². The molecule has 0 amide bonds. The fourth-order valence-electron chi connectivity index (χ4n) is 1.20. The highest BCUT2D eigenvalue weighted by molar-refractivity contribution is 9.10. The summed E-state index contributed by atoms with van der Waals surface area (Å²) in [6.07, 6.45) is 1.62. The fourth-order valence-corrected chi connectivity index (χ4v) is 1.53. The van der Waals surface area contributed by atoms with Gasteiger partial charge in [0, 0.05) is 16.6 Å². The summed E-state index contributed by atoms with van der Waals surface area (Å²) >= 11 is 3.32. The van der Waals surface area contributed by atoms with Crippen molar-refractivity contribution in [2.24, 2.45) is 0 Å². The minimum Gasteiger partial charge on any atom is -0.383 e. The van der Waals surface area contributed by atoms with Crippen molar-refractivity contribution < 1.29 is 4.52 Å². The molecule has 0 bridgehead atoms. The Morgan fingerprint density at radius 1 is 1.44 bits per heavy atom. The first-order valence-corrected chi connectivity index (χ1v) is 5.62. The lowest BCUT2D eigenvalue weighted by atomic mass is 10.2. The fraction of sp³-hybridized carbons (Fsp3) is 0.300. The molecule has 2 aromatic heterocycles. The van der Waals surface area contributed by atoms with E-state index in [4.69, 9.17) is 10.3 Å². The van der Waals surface area contributed by atoms with Gasteiger partial charge in [0.25, 0.3) is 5.89 Å². The molecule has 0 atom stereocenters. The summed E-state index contributed by atoms with van der Waals surface area (Å²) in [5.74, 6) is 1.66. The lowest BCUT2D eigenvalue weighted by Gasteiger charge is -1.99. The summed E-state index contributed by atoms with van der Waals surface area (Å²) < 4.78 is 5.97. The van der Waals surface area contributed by atoms with Gasteiger partial charge in [-0.05, 0) is 22.0 Å². The molecule has 0 radical (unpaired) electrons. The highest BCUT2D eigenvalue weighted by Gasteiger charge is 2.14. The van der Waals surface area contributed by atoms with Crippen molar-refractivity contribution >= 4 is 21.7 Å². The van der Waals surface area contributed by atoms with Gasteiger partial charge in [-0.3, -0.25) is 0 Å². The van der Waals surface area contributed by atoms with Gasteiger partial charge in [-0.1, -0.05) is 19.0 Å². The van der Waals surface area contributed by atoms with Crippen molar-refractivity contribution in [2.45, 2.75) is 19.8 Å². The molecule has 0 unspecified atom stereocenters. The van der Waals surface area contributed by atoms with Crippen molar-refractivity contribution in [2.75, 3.05) is 5.73 Å². The van der Waals surface area contributed by atoms with Crippen LogP contribution in [-0.2, 0) is 0 Å². The van der Waals surface area contributed by atoms with Crippen LogP contribution in [0.25, 0.3) is 11.5 Å². The van der Waals surface area contributed by atoms with Crippen molar-refractivity contribution in [3.8, 4) is 11.5 Å². The number of aromatic nitrogens is 3. The van der Waals surface area contributed by atoms with E-state index in [-0.39, 0.29) is 5.92 Å². The molecule has 5 nitrogen and oxygen atoms in total. The molecule has 0 saturated carbocycles. The van der Waals surface area contributed by atoms with Crippen LogP contribution < -0.4 is 5.73 Å². The molecule has 0 aromatic carbocycles. The Hall–Kier alpha value is -1.43. The highest BCUT2D eigenvalue weighted by Crippen LogP contribution is 2.26. The Morgan fingerprint density at radius 2 is 2.19 bits per heavy atom. The van der Waals surface area contributed by atoms with Crippen LogP contribution in [0.4, 0.5) is 5.82 Å². The first-order chi connectivity index (χ1) is 7.58. The third kappa shape index (κ3) is 2.06. The molecule has 0 saturated heterocycles. The SMILES string of the molecule is CC(C)c1noc(-c2cc(Br)cnc2N)n1. The summed E-state index contributed by atoms with van der Waals surface area (Å²) in [5.41, 5.74) is 6.39. The number of hydrogen-bond donors (Lipinski definition) is 1. The maximum absolute atomic E-state index is 5.75. The number of anilines is 1. The van der Waals surface area contributed by atoms with Gasteiger partial charge >= 0.3 is 0 Å². The average molecular weight is 283 g/mol. The summed E-state index contributed by atoms with van der Waals surface area (Å²) in [4.78, 5) is 8.28. The standard InChI is InChI=1S/C10H11BrN4O/c1-5(2)9-14-10(16-15-9)7-3-6(11)4-13-8(7)12/h3-5H,1-2H3,(H2,12,13). The quantitative estimate of drug-likeness (QED) is 0.916. The summed E-state index contributed by atoms with van der Waals surface area (Å²) in [6, 6.07) is 1.81. The number of halogens is 1. The van der Waals surface area contributed by atoms with Crippen LogP contribution in [0.2, 0.25) is 0 Å². The van der Waals surface area contributed by atoms with E-state index < -0.39 is 0 Å². The lowest BCUT2D eigenvalue weighted by Crippen LogP contribution is -1.94. The molecule has 6 heteroatoms. The van der Waals surface area contributed by atoms with Crippen LogP contribution in [0, 0.1) is 0 Å². The van der Waals surface area contributed by atoms with Gasteiger partial charge in [0.1, 0.15) is 5.82 Å². The second-order valence-electron chi connectivity index (χ2n) is 3.70. The number of pyridine rings is 1. The van der Waals surface area contributed by atoms with Gasteiger partial charge in [-0.2, -0.15) is 4.98 Å². The normalized spacial score (nSPS) is 11.0. The molecule has 2 rings (SSSR count).